The van der Waals surface area contributed by atoms with E-state index in [2.05, 4.69) is 36.9 Å². The summed E-state index contributed by atoms with van der Waals surface area (Å²) in [6.07, 6.45) is 0.175. The van der Waals surface area contributed by atoms with Gasteiger partial charge >= 0.3 is 0 Å². The summed E-state index contributed by atoms with van der Waals surface area (Å²) in [5, 5.41) is 0. The van der Waals surface area contributed by atoms with E-state index < -0.39 is 0 Å². The molecule has 1 aromatic rings. The number of aryl methyl sites for hydroxylation is 2. The molecule has 1 aliphatic rings. The second-order valence-corrected chi connectivity index (χ2v) is 4.46. The average molecular weight is 220 g/mol. The fraction of sp³-hybridized carbons (Fsp3) is 0.538. The first-order chi connectivity index (χ1) is 7.70. The predicted octanol–water partition coefficient (Wildman–Crippen LogP) is 1.47. The highest BCUT2D eigenvalue weighted by Crippen LogP contribution is 2.23. The summed E-state index contributed by atoms with van der Waals surface area (Å²) >= 11 is 0. The number of anilines is 1. The van der Waals surface area contributed by atoms with Crippen molar-refractivity contribution in [1.29, 1.82) is 0 Å². The van der Waals surface area contributed by atoms with Crippen molar-refractivity contribution in [2.75, 3.05) is 31.1 Å². The lowest BCUT2D eigenvalue weighted by Gasteiger charge is -2.35. The molecule has 1 unspecified atom stereocenters. The van der Waals surface area contributed by atoms with E-state index in [1.165, 1.54) is 16.8 Å². The van der Waals surface area contributed by atoms with Crippen molar-refractivity contribution in [3.05, 3.63) is 29.3 Å². The SMILES string of the molecule is Cc1ccc(N2CCOC(CN)C2)c(C)c1. The molecular weight excluding hydrogens is 200 g/mol. The maximum atomic E-state index is 5.65. The van der Waals surface area contributed by atoms with E-state index in [0.29, 0.717) is 6.54 Å². The Kier molecular flexibility index (Phi) is 3.46. The average Bonchev–Trinajstić information content (AvgIpc) is 2.29. The molecule has 16 heavy (non-hydrogen) atoms. The zero-order valence-electron chi connectivity index (χ0n) is 10.1. The van der Waals surface area contributed by atoms with Gasteiger partial charge in [-0.3, -0.25) is 0 Å². The van der Waals surface area contributed by atoms with Crippen molar-refractivity contribution < 1.29 is 4.74 Å². The minimum Gasteiger partial charge on any atom is -0.373 e. The predicted molar refractivity (Wildman–Crippen MR) is 66.9 cm³/mol. The molecule has 3 nitrogen and oxygen atoms in total. The van der Waals surface area contributed by atoms with Crippen LogP contribution in [-0.4, -0.2) is 32.3 Å². The van der Waals surface area contributed by atoms with Gasteiger partial charge in [0, 0.05) is 25.3 Å². The van der Waals surface area contributed by atoms with Crippen molar-refractivity contribution in [3.63, 3.8) is 0 Å². The summed E-state index contributed by atoms with van der Waals surface area (Å²) < 4.78 is 5.58. The van der Waals surface area contributed by atoms with Crippen molar-refractivity contribution in [2.45, 2.75) is 20.0 Å². The minimum absolute atomic E-state index is 0.175. The van der Waals surface area contributed by atoms with Crippen LogP contribution in [0.15, 0.2) is 18.2 Å². The Balaban J connectivity index is 2.16. The van der Waals surface area contributed by atoms with E-state index in [-0.39, 0.29) is 6.10 Å². The lowest BCUT2D eigenvalue weighted by atomic mass is 10.1. The standard InChI is InChI=1S/C13H20N2O/c1-10-3-4-13(11(2)7-10)15-5-6-16-12(8-14)9-15/h3-4,7,12H,5-6,8-9,14H2,1-2H3. The van der Waals surface area contributed by atoms with E-state index in [9.17, 15) is 0 Å². The van der Waals surface area contributed by atoms with E-state index in [1.807, 2.05) is 0 Å². The fourth-order valence-corrected chi connectivity index (χ4v) is 2.24. The minimum atomic E-state index is 0.175. The Bertz CT molecular complexity index is 365. The van der Waals surface area contributed by atoms with Crippen LogP contribution >= 0.6 is 0 Å². The third kappa shape index (κ3) is 2.36. The van der Waals surface area contributed by atoms with E-state index in [1.54, 1.807) is 0 Å². The fourth-order valence-electron chi connectivity index (χ4n) is 2.24. The number of nitrogens with two attached hydrogens (primary N) is 1. The summed E-state index contributed by atoms with van der Waals surface area (Å²) in [5.74, 6) is 0. The van der Waals surface area contributed by atoms with Crippen molar-refractivity contribution in [3.8, 4) is 0 Å². The smallest absolute Gasteiger partial charge is 0.0872 e. The molecule has 1 fully saturated rings. The van der Waals surface area contributed by atoms with Gasteiger partial charge < -0.3 is 15.4 Å². The lowest BCUT2D eigenvalue weighted by Crippen LogP contribution is -2.45. The molecule has 0 spiro atoms. The van der Waals surface area contributed by atoms with Gasteiger partial charge in [-0.1, -0.05) is 17.7 Å². The van der Waals surface area contributed by atoms with Crippen LogP contribution in [0.1, 0.15) is 11.1 Å². The van der Waals surface area contributed by atoms with Gasteiger partial charge in [-0.05, 0) is 25.5 Å². The number of rotatable bonds is 2. The molecule has 3 heteroatoms. The van der Waals surface area contributed by atoms with Gasteiger partial charge in [0.2, 0.25) is 0 Å². The number of nitrogens with zero attached hydrogens (tertiary/aromatic N) is 1. The molecule has 1 aliphatic heterocycles. The molecule has 2 rings (SSSR count). The highest BCUT2D eigenvalue weighted by atomic mass is 16.5. The first kappa shape index (κ1) is 11.4. The molecule has 1 saturated heterocycles. The van der Waals surface area contributed by atoms with E-state index >= 15 is 0 Å². The molecule has 0 radical (unpaired) electrons. The lowest BCUT2D eigenvalue weighted by molar-refractivity contribution is 0.0465. The Hall–Kier alpha value is -1.06. The largest absolute Gasteiger partial charge is 0.373 e. The van der Waals surface area contributed by atoms with Gasteiger partial charge in [0.05, 0.1) is 12.7 Å². The van der Waals surface area contributed by atoms with Gasteiger partial charge in [0.15, 0.2) is 0 Å². The molecule has 0 aliphatic carbocycles. The number of hydrogen-bond acceptors (Lipinski definition) is 3. The van der Waals surface area contributed by atoms with Crippen LogP contribution in [0.5, 0.6) is 0 Å². The molecule has 1 atom stereocenters. The number of benzene rings is 1. The highest BCUT2D eigenvalue weighted by Gasteiger charge is 2.20. The monoisotopic (exact) mass is 220 g/mol. The van der Waals surface area contributed by atoms with Crippen molar-refractivity contribution >= 4 is 5.69 Å². The molecule has 0 bridgehead atoms. The number of morpholine rings is 1. The molecule has 1 aromatic carbocycles. The normalized spacial score (nSPS) is 21.2. The molecule has 2 N–H and O–H groups in total. The van der Waals surface area contributed by atoms with Crippen LogP contribution < -0.4 is 10.6 Å². The van der Waals surface area contributed by atoms with E-state index in [0.717, 1.165) is 19.7 Å². The molecule has 0 saturated carbocycles. The van der Waals surface area contributed by atoms with Crippen LogP contribution in [0.4, 0.5) is 5.69 Å². The Morgan fingerprint density at radius 2 is 2.25 bits per heavy atom. The second-order valence-electron chi connectivity index (χ2n) is 4.46. The highest BCUT2D eigenvalue weighted by molar-refractivity contribution is 5.54. The summed E-state index contributed by atoms with van der Waals surface area (Å²) in [7, 11) is 0. The number of ether oxygens (including phenoxy) is 1. The molecule has 0 amide bonds. The van der Waals surface area contributed by atoms with Crippen molar-refractivity contribution in [2.24, 2.45) is 5.73 Å². The molecule has 0 aromatic heterocycles. The van der Waals surface area contributed by atoms with Gasteiger partial charge in [0.1, 0.15) is 0 Å². The topological polar surface area (TPSA) is 38.5 Å². The maximum Gasteiger partial charge on any atom is 0.0872 e. The third-order valence-corrected chi connectivity index (χ3v) is 3.09. The zero-order chi connectivity index (χ0) is 11.5. The van der Waals surface area contributed by atoms with Gasteiger partial charge in [0.25, 0.3) is 0 Å². The molecule has 1 heterocycles. The first-order valence-corrected chi connectivity index (χ1v) is 5.84. The van der Waals surface area contributed by atoms with Crippen LogP contribution in [-0.2, 0) is 4.74 Å². The summed E-state index contributed by atoms with van der Waals surface area (Å²) in [6.45, 7) is 7.52. The quantitative estimate of drug-likeness (QED) is 0.820. The zero-order valence-corrected chi connectivity index (χ0v) is 10.1. The Morgan fingerprint density at radius 3 is 2.94 bits per heavy atom. The first-order valence-electron chi connectivity index (χ1n) is 5.84. The van der Waals surface area contributed by atoms with Gasteiger partial charge in [-0.15, -0.1) is 0 Å². The maximum absolute atomic E-state index is 5.65. The Labute approximate surface area is 97.2 Å². The third-order valence-electron chi connectivity index (χ3n) is 3.09. The van der Waals surface area contributed by atoms with E-state index in [4.69, 9.17) is 10.5 Å². The van der Waals surface area contributed by atoms with Gasteiger partial charge in [-0.2, -0.15) is 0 Å². The Morgan fingerprint density at radius 1 is 1.44 bits per heavy atom. The second kappa shape index (κ2) is 4.85. The number of hydrogen-bond donors (Lipinski definition) is 1. The summed E-state index contributed by atoms with van der Waals surface area (Å²) in [5.41, 5.74) is 9.61. The van der Waals surface area contributed by atoms with Crippen LogP contribution in [0.2, 0.25) is 0 Å². The van der Waals surface area contributed by atoms with Crippen LogP contribution in [0.25, 0.3) is 0 Å². The van der Waals surface area contributed by atoms with Crippen LogP contribution in [0, 0.1) is 13.8 Å². The molecule has 88 valence electrons. The van der Waals surface area contributed by atoms with Gasteiger partial charge in [-0.25, -0.2) is 0 Å². The molecular formula is C13H20N2O. The summed E-state index contributed by atoms with van der Waals surface area (Å²) in [4.78, 5) is 2.37. The van der Waals surface area contributed by atoms with Crippen LogP contribution in [0.3, 0.4) is 0 Å². The van der Waals surface area contributed by atoms with Crippen molar-refractivity contribution in [1.82, 2.24) is 0 Å². The summed E-state index contributed by atoms with van der Waals surface area (Å²) in [6, 6.07) is 6.58.